The summed E-state index contributed by atoms with van der Waals surface area (Å²) in [6.07, 6.45) is 0. The first kappa shape index (κ1) is 47.9. The molecule has 10 aromatic rings. The molecule has 1 atom stereocenters. The van der Waals surface area contributed by atoms with Crippen LogP contribution in [0.2, 0.25) is 0 Å². The van der Waals surface area contributed by atoms with E-state index in [0.29, 0.717) is 5.92 Å². The zero-order valence-electron chi connectivity index (χ0n) is 46.5. The molecule has 3 nitrogen and oxygen atoms in total. The molecule has 2 heterocycles. The molecule has 0 amide bonds. The number of rotatable bonds is 6. The monoisotopic (exact) mass is 968 g/mol. The van der Waals surface area contributed by atoms with Gasteiger partial charge in [-0.25, -0.2) is 0 Å². The summed E-state index contributed by atoms with van der Waals surface area (Å²) in [5, 5.41) is 7.66. The summed E-state index contributed by atoms with van der Waals surface area (Å²) >= 11 is 0. The quantitative estimate of drug-likeness (QED) is 0.165. The number of benzene rings is 9. The summed E-state index contributed by atoms with van der Waals surface area (Å²) in [7, 11) is 0. The first-order valence-corrected chi connectivity index (χ1v) is 27.0. The lowest BCUT2D eigenvalue weighted by atomic mass is 9.85. The van der Waals surface area contributed by atoms with Crippen molar-refractivity contribution >= 4 is 77.5 Å². The van der Waals surface area contributed by atoms with E-state index in [4.69, 9.17) is 0 Å². The van der Waals surface area contributed by atoms with Crippen molar-refractivity contribution < 1.29 is 0 Å². The van der Waals surface area contributed by atoms with E-state index in [1.807, 2.05) is 0 Å². The lowest BCUT2D eigenvalue weighted by Gasteiger charge is -2.28. The van der Waals surface area contributed by atoms with E-state index in [-0.39, 0.29) is 27.1 Å². The van der Waals surface area contributed by atoms with Crippen LogP contribution in [0.15, 0.2) is 164 Å². The van der Waals surface area contributed by atoms with Crippen molar-refractivity contribution in [1.82, 2.24) is 4.57 Å². The summed E-state index contributed by atoms with van der Waals surface area (Å²) in [6.45, 7) is 34.6. The summed E-state index contributed by atoms with van der Waals surface area (Å²) in [5.74, 6) is 0.306. The number of hydrogen-bond donors (Lipinski definition) is 0. The molecule has 372 valence electrons. The molecular weight excluding hydrogens is 895 g/mol. The standard InChI is InChI=1S/C71H73N3/c1-67(2,3)47-18-28-51(29-19-47)72(52-30-20-48(21-31-52)68(4,5)6)55-26-16-43-38-57-58-42-60(71(13,14)15)64-63-59-39-44-17-27-56(37-46(44)41-62(59)74(66(58)65(63)64)61(57)40-45(43)36-55)73(53-32-22-49(23-33-53)69(7,8)9)54-34-24-50(25-35-54)70(10,11)12/h16-42,63H,1-15H3/t63-/m0/s1. The smallest absolute Gasteiger partial charge is 0.0586 e. The highest BCUT2D eigenvalue weighted by Gasteiger charge is 2.47. The van der Waals surface area contributed by atoms with E-state index in [1.54, 1.807) is 0 Å². The Morgan fingerprint density at radius 1 is 0.324 bits per heavy atom. The fourth-order valence-electron chi connectivity index (χ4n) is 12.0. The molecular formula is C71H73N3. The van der Waals surface area contributed by atoms with Crippen LogP contribution in [0.25, 0.3) is 49.0 Å². The molecule has 74 heavy (non-hydrogen) atoms. The average molecular weight is 968 g/mol. The third-order valence-corrected chi connectivity index (χ3v) is 16.4. The van der Waals surface area contributed by atoms with Gasteiger partial charge in [-0.05, 0) is 196 Å². The van der Waals surface area contributed by atoms with Gasteiger partial charge in [-0.15, -0.1) is 0 Å². The molecule has 1 aliphatic heterocycles. The fourth-order valence-corrected chi connectivity index (χ4v) is 12.0. The molecule has 1 aromatic heterocycles. The van der Waals surface area contributed by atoms with Crippen molar-refractivity contribution in [3.05, 3.63) is 208 Å². The Morgan fingerprint density at radius 2 is 0.703 bits per heavy atom. The van der Waals surface area contributed by atoms with Crippen molar-refractivity contribution in [3.8, 4) is 5.69 Å². The third kappa shape index (κ3) is 7.92. The van der Waals surface area contributed by atoms with Gasteiger partial charge in [0.1, 0.15) is 0 Å². The molecule has 12 rings (SSSR count). The second-order valence-corrected chi connectivity index (χ2v) is 26.9. The molecule has 0 unspecified atom stereocenters. The molecule has 0 radical (unpaired) electrons. The van der Waals surface area contributed by atoms with Gasteiger partial charge in [0.2, 0.25) is 0 Å². The molecule has 0 N–H and O–H groups in total. The molecule has 3 heteroatoms. The van der Waals surface area contributed by atoms with E-state index in [9.17, 15) is 0 Å². The van der Waals surface area contributed by atoms with Gasteiger partial charge in [0.25, 0.3) is 0 Å². The van der Waals surface area contributed by atoms with Gasteiger partial charge in [-0.3, -0.25) is 0 Å². The molecule has 0 saturated carbocycles. The number of fused-ring (bicyclic) bond motifs is 9. The van der Waals surface area contributed by atoms with Crippen LogP contribution in [0, 0.1) is 0 Å². The van der Waals surface area contributed by atoms with Crippen LogP contribution in [0.1, 0.15) is 154 Å². The maximum atomic E-state index is 2.63. The Balaban J connectivity index is 1.04. The van der Waals surface area contributed by atoms with Crippen LogP contribution < -0.4 is 9.80 Å². The van der Waals surface area contributed by atoms with Crippen molar-refractivity contribution in [2.75, 3.05) is 9.80 Å². The predicted octanol–water partition coefficient (Wildman–Crippen LogP) is 20.3. The zero-order valence-corrected chi connectivity index (χ0v) is 46.5. The number of aromatic nitrogens is 1. The number of hydrogen-bond acceptors (Lipinski definition) is 2. The Labute approximate surface area is 440 Å². The van der Waals surface area contributed by atoms with E-state index < -0.39 is 0 Å². The van der Waals surface area contributed by atoms with Crippen LogP contribution in [0.3, 0.4) is 0 Å². The minimum Gasteiger partial charge on any atom is -0.310 e. The van der Waals surface area contributed by atoms with Crippen molar-refractivity contribution in [2.45, 2.75) is 137 Å². The van der Waals surface area contributed by atoms with E-state index in [0.717, 1.165) is 34.1 Å². The van der Waals surface area contributed by atoms with Crippen LogP contribution in [-0.4, -0.2) is 4.57 Å². The van der Waals surface area contributed by atoms with Gasteiger partial charge in [-0.1, -0.05) is 165 Å². The Kier molecular flexibility index (Phi) is 10.5. The van der Waals surface area contributed by atoms with E-state index in [2.05, 4.69) is 282 Å². The molecule has 2 aliphatic rings. The summed E-state index contributed by atoms with van der Waals surface area (Å²) < 4.78 is 2.63. The highest BCUT2D eigenvalue weighted by atomic mass is 15.1. The van der Waals surface area contributed by atoms with Gasteiger partial charge in [0.05, 0.1) is 16.7 Å². The largest absolute Gasteiger partial charge is 0.310 e. The Hall–Kier alpha value is -7.10. The minimum atomic E-state index is 0.00268. The third-order valence-electron chi connectivity index (χ3n) is 16.4. The minimum absolute atomic E-state index is 0.00268. The van der Waals surface area contributed by atoms with Gasteiger partial charge < -0.3 is 14.4 Å². The van der Waals surface area contributed by atoms with Crippen LogP contribution in [-0.2, 0) is 27.1 Å². The predicted molar refractivity (Wildman–Crippen MR) is 320 cm³/mol. The highest BCUT2D eigenvalue weighted by Crippen LogP contribution is 2.62. The van der Waals surface area contributed by atoms with Gasteiger partial charge in [-0.2, -0.15) is 0 Å². The normalized spacial score (nSPS) is 14.6. The molecule has 0 saturated heterocycles. The van der Waals surface area contributed by atoms with Crippen LogP contribution in [0.4, 0.5) is 34.1 Å². The average Bonchev–Trinajstić information content (AvgIpc) is 4.03. The number of anilines is 6. The first-order valence-electron chi connectivity index (χ1n) is 27.0. The number of nitrogens with zero attached hydrogens (tertiary/aromatic N) is 3. The lowest BCUT2D eigenvalue weighted by molar-refractivity contribution is 0.589. The van der Waals surface area contributed by atoms with Crippen LogP contribution in [0.5, 0.6) is 0 Å². The molecule has 0 bridgehead atoms. The van der Waals surface area contributed by atoms with E-state index in [1.165, 1.54) is 93.5 Å². The van der Waals surface area contributed by atoms with Gasteiger partial charge >= 0.3 is 0 Å². The molecule has 0 spiro atoms. The topological polar surface area (TPSA) is 11.4 Å². The molecule has 0 fully saturated rings. The summed E-state index contributed by atoms with van der Waals surface area (Å²) in [4.78, 5) is 4.86. The molecule has 1 aliphatic carbocycles. The van der Waals surface area contributed by atoms with Crippen molar-refractivity contribution in [3.63, 3.8) is 0 Å². The highest BCUT2D eigenvalue weighted by molar-refractivity contribution is 6.18. The maximum absolute atomic E-state index is 2.63. The lowest BCUT2D eigenvalue weighted by Crippen LogP contribution is -2.14. The van der Waals surface area contributed by atoms with E-state index >= 15 is 0 Å². The second-order valence-electron chi connectivity index (χ2n) is 26.9. The summed E-state index contributed by atoms with van der Waals surface area (Å²) in [5.41, 5.74) is 22.3. The first-order chi connectivity index (χ1) is 34.8. The Bertz CT molecular complexity index is 3750. The molecule has 9 aromatic carbocycles. The second kappa shape index (κ2) is 16.2. The van der Waals surface area contributed by atoms with Gasteiger partial charge in [0, 0.05) is 50.8 Å². The maximum Gasteiger partial charge on any atom is 0.0586 e. The fraction of sp³-hybridized carbons (Fsp3) is 0.296. The zero-order chi connectivity index (χ0) is 52.2. The van der Waals surface area contributed by atoms with Crippen molar-refractivity contribution in [2.24, 2.45) is 0 Å². The van der Waals surface area contributed by atoms with Crippen LogP contribution >= 0.6 is 0 Å². The van der Waals surface area contributed by atoms with Crippen molar-refractivity contribution in [1.29, 1.82) is 0 Å². The SMILES string of the molecule is CC(C)(C)c1ccc(N(c2ccc(C(C)(C)C)cc2)c2ccc3cc4c(cc3c2)-n2c3cc5cc(N(c6ccc(C(C)(C)C)cc6)c6ccc(C(C)(C)C)cc6)ccc5cc3c3cc(C(C)(C)C)c5c(c32)[C@@H]45)cc1. The van der Waals surface area contributed by atoms with Gasteiger partial charge in [0.15, 0.2) is 0 Å². The summed E-state index contributed by atoms with van der Waals surface area (Å²) in [6, 6.07) is 63.5. The Morgan fingerprint density at radius 3 is 1.09 bits per heavy atom.